The highest BCUT2D eigenvalue weighted by molar-refractivity contribution is 7.07. The summed E-state index contributed by atoms with van der Waals surface area (Å²) >= 11 is 1.17. The summed E-state index contributed by atoms with van der Waals surface area (Å²) in [6.07, 6.45) is 1.59. The van der Waals surface area contributed by atoms with Crippen LogP contribution < -0.4 is 19.6 Å². The van der Waals surface area contributed by atoms with Gasteiger partial charge in [-0.15, -0.1) is 0 Å². The Bertz CT molecular complexity index is 1800. The number of allylic oxidation sites excluding steroid dienone is 1. The van der Waals surface area contributed by atoms with Crippen molar-refractivity contribution in [1.29, 1.82) is 0 Å². The van der Waals surface area contributed by atoms with Crippen molar-refractivity contribution in [2.24, 2.45) is 4.99 Å². The van der Waals surface area contributed by atoms with Gasteiger partial charge in [-0.3, -0.25) is 19.5 Å². The zero-order chi connectivity index (χ0) is 27.7. The molecule has 1 aliphatic heterocycles. The van der Waals surface area contributed by atoms with E-state index in [2.05, 4.69) is 0 Å². The normalized spacial score (nSPS) is 15.1. The number of hydrogen-bond donors (Lipinski definition) is 0. The number of nitro groups is 1. The van der Waals surface area contributed by atoms with Gasteiger partial charge in [-0.2, -0.15) is 0 Å². The number of hydrogen-bond acceptors (Lipinski definition) is 9. The van der Waals surface area contributed by atoms with E-state index in [0.717, 1.165) is 5.56 Å². The van der Waals surface area contributed by atoms with Gasteiger partial charge >= 0.3 is 5.97 Å². The van der Waals surface area contributed by atoms with Crippen molar-refractivity contribution in [2.75, 3.05) is 13.7 Å². The van der Waals surface area contributed by atoms with Crippen molar-refractivity contribution in [3.63, 3.8) is 0 Å². The third-order valence-electron chi connectivity index (χ3n) is 6.21. The first kappa shape index (κ1) is 25.9. The average molecular weight is 546 g/mol. The summed E-state index contributed by atoms with van der Waals surface area (Å²) in [6.45, 7) is 3.60. The fraction of sp³-hybridized carbons (Fsp3) is 0.179. The molecule has 0 amide bonds. The number of methoxy groups -OCH3 is 1. The van der Waals surface area contributed by atoms with Crippen molar-refractivity contribution in [1.82, 2.24) is 4.57 Å². The molecule has 5 rings (SSSR count). The molecule has 1 aliphatic rings. The van der Waals surface area contributed by atoms with Crippen molar-refractivity contribution in [3.8, 4) is 17.1 Å². The lowest BCUT2D eigenvalue weighted by Gasteiger charge is -2.22. The van der Waals surface area contributed by atoms with Crippen LogP contribution in [0.4, 0.5) is 5.69 Å². The smallest absolute Gasteiger partial charge is 0.338 e. The molecule has 0 saturated heterocycles. The van der Waals surface area contributed by atoms with Gasteiger partial charge in [0.2, 0.25) is 0 Å². The fourth-order valence-electron chi connectivity index (χ4n) is 4.33. The Morgan fingerprint density at radius 3 is 2.67 bits per heavy atom. The summed E-state index contributed by atoms with van der Waals surface area (Å²) in [6, 6.07) is 16.0. The van der Waals surface area contributed by atoms with E-state index in [1.165, 1.54) is 28.0 Å². The molecule has 2 aromatic heterocycles. The number of fused-ring (bicyclic) bond motifs is 1. The Morgan fingerprint density at radius 1 is 1.21 bits per heavy atom. The molecule has 0 N–H and O–H groups in total. The molecule has 0 bridgehead atoms. The molecular weight excluding hydrogens is 522 g/mol. The number of thiazole rings is 1. The third-order valence-corrected chi connectivity index (χ3v) is 7.20. The van der Waals surface area contributed by atoms with Crippen LogP contribution >= 0.6 is 11.3 Å². The maximum absolute atomic E-state index is 13.4. The summed E-state index contributed by atoms with van der Waals surface area (Å²) in [5.41, 5.74) is 1.62. The highest BCUT2D eigenvalue weighted by Gasteiger charge is 2.31. The predicted octanol–water partition coefficient (Wildman–Crippen LogP) is 4.08. The lowest BCUT2D eigenvalue weighted by Crippen LogP contribution is -2.35. The minimum Gasteiger partial charge on any atom is -0.497 e. The second-order valence-electron chi connectivity index (χ2n) is 8.57. The molecule has 2 aromatic carbocycles. The fourth-order valence-corrected chi connectivity index (χ4v) is 5.35. The molecule has 4 aromatic rings. The third kappa shape index (κ3) is 4.91. The number of nitro benzene ring substituents is 1. The van der Waals surface area contributed by atoms with Gasteiger partial charge < -0.3 is 13.9 Å². The molecule has 39 heavy (non-hydrogen) atoms. The highest BCUT2D eigenvalue weighted by atomic mass is 32.1. The van der Waals surface area contributed by atoms with Crippen LogP contribution in [-0.4, -0.2) is 29.2 Å². The van der Waals surface area contributed by atoms with Crippen LogP contribution in [0.1, 0.15) is 31.2 Å². The van der Waals surface area contributed by atoms with E-state index in [-0.39, 0.29) is 23.4 Å². The first-order chi connectivity index (χ1) is 18.8. The molecule has 0 aliphatic carbocycles. The number of nitrogens with zero attached hydrogens (tertiary/aromatic N) is 3. The van der Waals surface area contributed by atoms with E-state index in [1.807, 2.05) is 12.1 Å². The lowest BCUT2D eigenvalue weighted by atomic mass is 9.96. The number of benzene rings is 2. The van der Waals surface area contributed by atoms with E-state index >= 15 is 0 Å². The monoisotopic (exact) mass is 545 g/mol. The van der Waals surface area contributed by atoms with E-state index in [9.17, 15) is 19.7 Å². The quantitative estimate of drug-likeness (QED) is 0.195. The average Bonchev–Trinajstić information content (AvgIpc) is 3.53. The minimum atomic E-state index is -0.662. The largest absolute Gasteiger partial charge is 0.497 e. The second-order valence-corrected chi connectivity index (χ2v) is 9.58. The van der Waals surface area contributed by atoms with Crippen molar-refractivity contribution in [3.05, 3.63) is 107 Å². The topological polar surface area (TPSA) is 126 Å². The highest BCUT2D eigenvalue weighted by Crippen LogP contribution is 2.33. The first-order valence-electron chi connectivity index (χ1n) is 12.0. The number of non-ortho nitro benzene ring substituents is 1. The molecule has 198 valence electrons. The second kappa shape index (κ2) is 10.5. The van der Waals surface area contributed by atoms with Crippen molar-refractivity contribution in [2.45, 2.75) is 19.9 Å². The van der Waals surface area contributed by atoms with Gasteiger partial charge in [0.25, 0.3) is 11.2 Å². The number of carbonyl (C=O) groups excluding carboxylic acids is 1. The van der Waals surface area contributed by atoms with Crippen LogP contribution in [0.25, 0.3) is 23.1 Å². The molecule has 0 saturated carbocycles. The summed E-state index contributed by atoms with van der Waals surface area (Å²) < 4.78 is 18.2. The summed E-state index contributed by atoms with van der Waals surface area (Å²) in [5, 5.41) is 11.1. The van der Waals surface area contributed by atoms with Gasteiger partial charge in [0.05, 0.1) is 24.2 Å². The minimum absolute atomic E-state index is 0.0497. The number of furan rings is 1. The van der Waals surface area contributed by atoms with Gasteiger partial charge in [0.15, 0.2) is 4.80 Å². The van der Waals surface area contributed by atoms with Crippen molar-refractivity contribution >= 4 is 34.8 Å². The van der Waals surface area contributed by atoms with Gasteiger partial charge in [0.1, 0.15) is 27.8 Å². The van der Waals surface area contributed by atoms with Gasteiger partial charge in [-0.25, -0.2) is 9.79 Å². The maximum atomic E-state index is 13.4. The van der Waals surface area contributed by atoms with Crippen LogP contribution in [0.2, 0.25) is 0 Å². The Balaban J connectivity index is 1.60. The zero-order valence-corrected chi connectivity index (χ0v) is 22.1. The van der Waals surface area contributed by atoms with Crippen LogP contribution in [0, 0.1) is 10.1 Å². The van der Waals surface area contributed by atoms with Gasteiger partial charge in [-0.05, 0) is 43.7 Å². The van der Waals surface area contributed by atoms with Crippen LogP contribution in [0.5, 0.6) is 5.75 Å². The predicted molar refractivity (Wildman–Crippen MR) is 145 cm³/mol. The molecule has 3 heterocycles. The van der Waals surface area contributed by atoms with E-state index < -0.39 is 16.9 Å². The number of rotatable bonds is 7. The lowest BCUT2D eigenvalue weighted by molar-refractivity contribution is -0.384. The van der Waals surface area contributed by atoms with Crippen molar-refractivity contribution < 1.29 is 23.6 Å². The van der Waals surface area contributed by atoms with E-state index in [0.29, 0.717) is 37.9 Å². The standard InChI is InChI=1S/C28H23N3O7S/c1-4-37-27(33)24-16(2)30-26(32)23(39-28(30)29-25(24)17-8-10-20(36-3)11-9-17)15-21-12-13-22(38-21)18-6-5-7-19(14-18)31(34)35/h5-15,25H,4H2,1-3H3/b23-15-. The SMILES string of the molecule is CCOC(=O)C1=C(C)n2c(s/c(=C\c3ccc(-c4cccc([N+](=O)[O-])c4)o3)c2=O)=NC1c1ccc(OC)cc1. The van der Waals surface area contributed by atoms with Crippen LogP contribution in [0.3, 0.4) is 0 Å². The number of esters is 1. The van der Waals surface area contributed by atoms with E-state index in [4.69, 9.17) is 18.9 Å². The summed E-state index contributed by atoms with van der Waals surface area (Å²) in [5.74, 6) is 0.949. The van der Waals surface area contributed by atoms with Crippen LogP contribution in [0.15, 0.2) is 80.4 Å². The zero-order valence-electron chi connectivity index (χ0n) is 21.2. The Hall–Kier alpha value is -4.77. The summed E-state index contributed by atoms with van der Waals surface area (Å²) in [7, 11) is 1.57. The number of ether oxygens (including phenoxy) is 2. The number of carbonyl (C=O) groups is 1. The van der Waals surface area contributed by atoms with Crippen LogP contribution in [-0.2, 0) is 9.53 Å². The molecule has 11 heteroatoms. The molecular formula is C28H23N3O7S. The first-order valence-corrected chi connectivity index (χ1v) is 12.8. The molecule has 10 nitrogen and oxygen atoms in total. The number of aromatic nitrogens is 1. The summed E-state index contributed by atoms with van der Waals surface area (Å²) in [4.78, 5) is 42.3. The van der Waals surface area contributed by atoms with Gasteiger partial charge in [-0.1, -0.05) is 35.6 Å². The van der Waals surface area contributed by atoms with E-state index in [1.54, 1.807) is 63.4 Å². The molecule has 0 spiro atoms. The molecule has 0 fully saturated rings. The Morgan fingerprint density at radius 2 is 1.97 bits per heavy atom. The molecule has 1 atom stereocenters. The Kier molecular flexibility index (Phi) is 6.99. The van der Waals surface area contributed by atoms with Gasteiger partial charge in [0, 0.05) is 29.5 Å². The Labute approximate surface area is 225 Å². The maximum Gasteiger partial charge on any atom is 0.338 e. The molecule has 1 unspecified atom stereocenters. The molecule has 0 radical (unpaired) electrons.